The van der Waals surface area contributed by atoms with E-state index in [0.29, 0.717) is 32.1 Å². The van der Waals surface area contributed by atoms with Crippen LogP contribution in [0.5, 0.6) is 0 Å². The van der Waals surface area contributed by atoms with E-state index in [1.165, 1.54) is 4.90 Å². The maximum atomic E-state index is 13.8. The highest BCUT2D eigenvalue weighted by atomic mass is 16.4. The molecule has 1 heterocycles. The van der Waals surface area contributed by atoms with E-state index < -0.39 is 114 Å². The predicted octanol–water partition coefficient (Wildman–Crippen LogP) is -1.64. The van der Waals surface area contributed by atoms with Crippen LogP contribution < -0.4 is 32.3 Å². The number of amides is 7. The Hall–Kier alpha value is -4.77. The van der Waals surface area contributed by atoms with Crippen LogP contribution in [0, 0.1) is 11.8 Å². The zero-order chi connectivity index (χ0) is 37.6. The minimum atomic E-state index is -1.77. The molecule has 1 saturated heterocycles. The van der Waals surface area contributed by atoms with Gasteiger partial charge in [0.25, 0.3) is 0 Å². The van der Waals surface area contributed by atoms with Crippen LogP contribution >= 0.6 is 0 Å². The van der Waals surface area contributed by atoms with Crippen molar-refractivity contribution in [3.8, 4) is 0 Å². The van der Waals surface area contributed by atoms with Crippen LogP contribution in [0.15, 0.2) is 0 Å². The average Bonchev–Trinajstić information content (AvgIpc) is 3.50. The van der Waals surface area contributed by atoms with E-state index in [0.717, 1.165) is 6.92 Å². The summed E-state index contributed by atoms with van der Waals surface area (Å²) in [6.07, 6.45) is 0.296. The first-order valence-corrected chi connectivity index (χ1v) is 16.4. The molecule has 0 unspecified atom stereocenters. The minimum Gasteiger partial charge on any atom is -0.481 e. The SMILES string of the molecule is CCC[C@H](NC(=O)[C@@H]1CCCN1C(=O)[C@@H](NC(=O)[C@@H](NC(=O)[C@H](CC(=O)O)NC(=O)[C@H](CC(=O)O)NC(C)=O)[C@@H](C)CC)C(C)C)C(N)=O. The lowest BCUT2D eigenvalue weighted by atomic mass is 9.95. The van der Waals surface area contributed by atoms with Gasteiger partial charge in [-0.25, -0.2) is 0 Å². The number of nitrogens with two attached hydrogens (primary N) is 1. The van der Waals surface area contributed by atoms with Crippen LogP contribution in [-0.2, 0) is 43.2 Å². The largest absolute Gasteiger partial charge is 0.481 e. The molecular weight excluding hydrogens is 646 g/mol. The Bertz CT molecular complexity index is 1240. The van der Waals surface area contributed by atoms with Gasteiger partial charge < -0.3 is 47.4 Å². The maximum Gasteiger partial charge on any atom is 0.305 e. The van der Waals surface area contributed by atoms with Crippen LogP contribution in [-0.4, -0.2) is 111 Å². The van der Waals surface area contributed by atoms with Crippen LogP contribution in [0.2, 0.25) is 0 Å². The molecule has 0 aromatic heterocycles. The van der Waals surface area contributed by atoms with Crippen molar-refractivity contribution in [1.82, 2.24) is 31.5 Å². The molecule has 18 nitrogen and oxygen atoms in total. The third-order valence-corrected chi connectivity index (χ3v) is 8.18. The zero-order valence-corrected chi connectivity index (χ0v) is 28.9. The van der Waals surface area contributed by atoms with Crippen molar-refractivity contribution in [3.05, 3.63) is 0 Å². The molecule has 276 valence electrons. The summed E-state index contributed by atoms with van der Waals surface area (Å²) in [4.78, 5) is 114. The van der Waals surface area contributed by atoms with Gasteiger partial charge in [-0.1, -0.05) is 47.5 Å². The number of carboxylic acid groups (broad SMARTS) is 2. The number of carbonyl (C=O) groups is 9. The zero-order valence-electron chi connectivity index (χ0n) is 28.9. The topological polar surface area (TPSA) is 283 Å². The Morgan fingerprint density at radius 3 is 1.76 bits per heavy atom. The molecule has 0 aromatic rings. The Morgan fingerprint density at radius 1 is 0.755 bits per heavy atom. The van der Waals surface area contributed by atoms with Gasteiger partial charge in [0.1, 0.15) is 36.3 Å². The minimum absolute atomic E-state index is 0.217. The summed E-state index contributed by atoms with van der Waals surface area (Å²) in [5, 5.41) is 30.6. The van der Waals surface area contributed by atoms with Crippen LogP contribution in [0.3, 0.4) is 0 Å². The fourth-order valence-corrected chi connectivity index (χ4v) is 5.32. The van der Waals surface area contributed by atoms with Crippen molar-refractivity contribution in [2.24, 2.45) is 17.6 Å². The number of likely N-dealkylation sites (tertiary alicyclic amines) is 1. The van der Waals surface area contributed by atoms with Gasteiger partial charge in [-0.2, -0.15) is 0 Å². The quantitative estimate of drug-likeness (QED) is 0.0714. The van der Waals surface area contributed by atoms with Crippen molar-refractivity contribution < 1.29 is 53.4 Å². The molecule has 7 amide bonds. The summed E-state index contributed by atoms with van der Waals surface area (Å²) in [6, 6.07) is -7.65. The number of carboxylic acids is 2. The normalized spacial score (nSPS) is 17.8. The third kappa shape index (κ3) is 13.3. The number of rotatable bonds is 20. The van der Waals surface area contributed by atoms with Gasteiger partial charge in [-0.05, 0) is 31.1 Å². The van der Waals surface area contributed by atoms with Gasteiger partial charge >= 0.3 is 11.9 Å². The Balaban J connectivity index is 3.23. The highest BCUT2D eigenvalue weighted by Crippen LogP contribution is 2.21. The molecule has 0 saturated carbocycles. The van der Waals surface area contributed by atoms with Gasteiger partial charge in [0.05, 0.1) is 12.8 Å². The second-order valence-corrected chi connectivity index (χ2v) is 12.6. The van der Waals surface area contributed by atoms with E-state index >= 15 is 0 Å². The van der Waals surface area contributed by atoms with Crippen molar-refractivity contribution in [2.45, 2.75) is 123 Å². The molecule has 0 aliphatic carbocycles. The Morgan fingerprint density at radius 2 is 1.29 bits per heavy atom. The molecule has 0 radical (unpaired) electrons. The molecule has 0 bridgehead atoms. The fraction of sp³-hybridized carbons (Fsp3) is 0.710. The molecular formula is C31H51N7O11. The molecule has 1 aliphatic heterocycles. The van der Waals surface area contributed by atoms with Crippen molar-refractivity contribution in [3.63, 3.8) is 0 Å². The van der Waals surface area contributed by atoms with E-state index in [-0.39, 0.29) is 6.54 Å². The number of aliphatic carboxylic acids is 2. The summed E-state index contributed by atoms with van der Waals surface area (Å²) in [6.45, 7) is 9.80. The van der Waals surface area contributed by atoms with E-state index in [4.69, 9.17) is 10.8 Å². The first kappa shape index (κ1) is 42.3. The van der Waals surface area contributed by atoms with Crippen LogP contribution in [0.25, 0.3) is 0 Å². The van der Waals surface area contributed by atoms with Gasteiger partial charge in [-0.15, -0.1) is 0 Å². The second-order valence-electron chi connectivity index (χ2n) is 12.6. The van der Waals surface area contributed by atoms with E-state index in [2.05, 4.69) is 26.6 Å². The van der Waals surface area contributed by atoms with Gasteiger partial charge in [0, 0.05) is 13.5 Å². The van der Waals surface area contributed by atoms with Gasteiger partial charge in [0.2, 0.25) is 41.4 Å². The van der Waals surface area contributed by atoms with Crippen LogP contribution in [0.1, 0.15) is 86.5 Å². The summed E-state index contributed by atoms with van der Waals surface area (Å²) in [7, 11) is 0. The lowest BCUT2D eigenvalue weighted by Gasteiger charge is -2.33. The molecule has 1 aliphatic rings. The Kier molecular flexibility index (Phi) is 17.2. The van der Waals surface area contributed by atoms with E-state index in [1.807, 2.05) is 6.92 Å². The highest BCUT2D eigenvalue weighted by molar-refractivity contribution is 5.98. The van der Waals surface area contributed by atoms with E-state index in [1.54, 1.807) is 27.7 Å². The molecule has 0 spiro atoms. The van der Waals surface area contributed by atoms with Gasteiger partial charge in [-0.3, -0.25) is 43.2 Å². The van der Waals surface area contributed by atoms with Gasteiger partial charge in [0.15, 0.2) is 0 Å². The van der Waals surface area contributed by atoms with E-state index in [9.17, 15) is 48.3 Å². The number of hydrogen-bond donors (Lipinski definition) is 8. The smallest absolute Gasteiger partial charge is 0.305 e. The predicted molar refractivity (Wildman–Crippen MR) is 173 cm³/mol. The van der Waals surface area contributed by atoms with Crippen LogP contribution in [0.4, 0.5) is 0 Å². The third-order valence-electron chi connectivity index (χ3n) is 8.18. The summed E-state index contributed by atoms with van der Waals surface area (Å²) in [5.41, 5.74) is 5.42. The highest BCUT2D eigenvalue weighted by Gasteiger charge is 2.41. The van der Waals surface area contributed by atoms with Crippen molar-refractivity contribution in [2.75, 3.05) is 6.54 Å². The molecule has 1 fully saturated rings. The van der Waals surface area contributed by atoms with Crippen molar-refractivity contribution >= 4 is 53.3 Å². The molecule has 9 N–H and O–H groups in total. The Labute approximate surface area is 285 Å². The number of nitrogens with one attached hydrogen (secondary N) is 5. The number of hydrogen-bond acceptors (Lipinski definition) is 9. The molecule has 49 heavy (non-hydrogen) atoms. The number of nitrogens with zero attached hydrogens (tertiary/aromatic N) is 1. The maximum absolute atomic E-state index is 13.8. The monoisotopic (exact) mass is 697 g/mol. The molecule has 7 atom stereocenters. The first-order valence-electron chi connectivity index (χ1n) is 16.4. The molecule has 0 aromatic carbocycles. The average molecular weight is 698 g/mol. The van der Waals surface area contributed by atoms with Crippen molar-refractivity contribution in [1.29, 1.82) is 0 Å². The summed E-state index contributed by atoms with van der Waals surface area (Å²) >= 11 is 0. The molecule has 18 heteroatoms. The summed E-state index contributed by atoms with van der Waals surface area (Å²) in [5.74, 6) is -9.50. The lowest BCUT2D eigenvalue weighted by Crippen LogP contribution is -2.61. The summed E-state index contributed by atoms with van der Waals surface area (Å²) < 4.78 is 0. The second kappa shape index (κ2) is 19.9. The standard InChI is InChI=1S/C31H51N7O11/c1-7-10-18(26(32)44)34-29(47)21-11-9-12-38(21)31(49)24(15(3)4)36-30(48)25(16(5)8-2)37-28(46)20(14-23(42)43)35-27(45)19(13-22(40)41)33-17(6)39/h15-16,18-21,24-25H,7-14H2,1-6H3,(H2,32,44)(H,33,39)(H,34,47)(H,35,45)(H,36,48)(H,37,46)(H,40,41)(H,42,43)/t16-,18-,19-,20-,21-,24-,25-/m0/s1. The fourth-order valence-electron chi connectivity index (χ4n) is 5.32. The number of primary amides is 1. The lowest BCUT2D eigenvalue weighted by molar-refractivity contribution is -0.144. The first-order chi connectivity index (χ1) is 22.8. The molecule has 1 rings (SSSR count). The number of carbonyl (C=O) groups excluding carboxylic acids is 7.